The van der Waals surface area contributed by atoms with Crippen LogP contribution in [0.5, 0.6) is 0 Å². The van der Waals surface area contributed by atoms with E-state index in [2.05, 4.69) is 20.6 Å². The Bertz CT molecular complexity index is 1270. The number of rotatable bonds is 3. The highest BCUT2D eigenvalue weighted by Gasteiger charge is 2.43. The van der Waals surface area contributed by atoms with E-state index in [0.717, 1.165) is 0 Å². The van der Waals surface area contributed by atoms with E-state index >= 15 is 0 Å². The number of pyridine rings is 1. The van der Waals surface area contributed by atoms with Crippen LogP contribution >= 0.6 is 11.6 Å². The maximum absolute atomic E-state index is 14.2. The molecule has 1 aromatic carbocycles. The van der Waals surface area contributed by atoms with Crippen LogP contribution in [0.2, 0.25) is 5.02 Å². The number of hydrogen-bond acceptors (Lipinski definition) is 3. The van der Waals surface area contributed by atoms with E-state index in [0.29, 0.717) is 16.5 Å². The molecule has 1 saturated carbocycles. The van der Waals surface area contributed by atoms with Crippen molar-refractivity contribution < 1.29 is 18.0 Å². The summed E-state index contributed by atoms with van der Waals surface area (Å²) in [6, 6.07) is 4.90. The average molecular weight is 406 g/mol. The standard InChI is InChI=1S/C18H11ClF3N5O/c19-14-13(10-6-23-25-17(10)16(22)15(14)21)7-1-2-27-8(3-7)4-12(26-27)24-18(28)9-5-11(9)20/h1-4,6,9,11H,5H2,(H,23,25)(H,24,26,28)/t9-,11+/m1/s1. The lowest BCUT2D eigenvalue weighted by Crippen LogP contribution is -2.15. The average Bonchev–Trinajstić information content (AvgIpc) is 3.06. The minimum absolute atomic E-state index is 0.0801. The number of nitrogens with one attached hydrogen (secondary N) is 2. The Balaban J connectivity index is 1.58. The van der Waals surface area contributed by atoms with Gasteiger partial charge in [0.15, 0.2) is 17.5 Å². The molecule has 6 nitrogen and oxygen atoms in total. The maximum atomic E-state index is 14.2. The molecule has 0 radical (unpaired) electrons. The van der Waals surface area contributed by atoms with Crippen LogP contribution in [-0.4, -0.2) is 31.9 Å². The smallest absolute Gasteiger partial charge is 0.231 e. The first-order valence-electron chi connectivity index (χ1n) is 8.38. The summed E-state index contributed by atoms with van der Waals surface area (Å²) in [5.41, 5.74) is 1.31. The van der Waals surface area contributed by atoms with Gasteiger partial charge in [0, 0.05) is 23.2 Å². The molecule has 0 unspecified atom stereocenters. The third kappa shape index (κ3) is 2.54. The first-order valence-corrected chi connectivity index (χ1v) is 8.76. The highest BCUT2D eigenvalue weighted by molar-refractivity contribution is 6.35. The van der Waals surface area contributed by atoms with Gasteiger partial charge in [-0.25, -0.2) is 17.7 Å². The number of H-pyrrole nitrogens is 1. The van der Waals surface area contributed by atoms with Gasteiger partial charge in [-0.05, 0) is 24.1 Å². The van der Waals surface area contributed by atoms with Gasteiger partial charge >= 0.3 is 0 Å². The van der Waals surface area contributed by atoms with E-state index in [1.54, 1.807) is 24.4 Å². The Morgan fingerprint density at radius 1 is 1.32 bits per heavy atom. The van der Waals surface area contributed by atoms with Crippen LogP contribution in [0.1, 0.15) is 6.42 Å². The predicted molar refractivity (Wildman–Crippen MR) is 96.8 cm³/mol. The topological polar surface area (TPSA) is 75.1 Å². The molecule has 0 bridgehead atoms. The number of aromatic nitrogens is 4. The molecule has 5 rings (SSSR count). The van der Waals surface area contributed by atoms with E-state index in [1.165, 1.54) is 10.7 Å². The minimum atomic E-state index is -1.17. The summed E-state index contributed by atoms with van der Waals surface area (Å²) in [5, 5.41) is 13.0. The fraction of sp³-hybridized carbons (Fsp3) is 0.167. The zero-order chi connectivity index (χ0) is 19.6. The Morgan fingerprint density at radius 3 is 2.86 bits per heavy atom. The van der Waals surface area contributed by atoms with Gasteiger partial charge in [-0.3, -0.25) is 9.89 Å². The third-order valence-corrected chi connectivity index (χ3v) is 5.14. The molecule has 0 saturated heterocycles. The molecule has 4 aromatic rings. The monoisotopic (exact) mass is 405 g/mol. The van der Waals surface area contributed by atoms with Gasteiger partial charge in [0.25, 0.3) is 0 Å². The van der Waals surface area contributed by atoms with E-state index in [9.17, 15) is 18.0 Å². The second kappa shape index (κ2) is 5.96. The normalized spacial score (nSPS) is 18.7. The lowest BCUT2D eigenvalue weighted by Gasteiger charge is -2.09. The van der Waals surface area contributed by atoms with Crippen molar-refractivity contribution >= 4 is 39.7 Å². The van der Waals surface area contributed by atoms with Crippen LogP contribution in [0.15, 0.2) is 30.6 Å². The quantitative estimate of drug-likeness (QED) is 0.504. The molecule has 2 N–H and O–H groups in total. The summed E-state index contributed by atoms with van der Waals surface area (Å²) in [4.78, 5) is 11.9. The lowest BCUT2D eigenvalue weighted by molar-refractivity contribution is -0.117. The Morgan fingerprint density at radius 2 is 2.11 bits per heavy atom. The van der Waals surface area contributed by atoms with Crippen LogP contribution in [-0.2, 0) is 4.79 Å². The lowest BCUT2D eigenvalue weighted by atomic mass is 10.0. The van der Waals surface area contributed by atoms with Crippen LogP contribution in [0, 0.1) is 17.6 Å². The number of nitrogens with zero attached hydrogens (tertiary/aromatic N) is 3. The van der Waals surface area contributed by atoms with Gasteiger partial charge in [-0.1, -0.05) is 11.6 Å². The first kappa shape index (κ1) is 17.1. The zero-order valence-electron chi connectivity index (χ0n) is 14.0. The molecule has 3 aromatic heterocycles. The molecule has 142 valence electrons. The second-order valence-corrected chi connectivity index (χ2v) is 7.02. The van der Waals surface area contributed by atoms with Crippen molar-refractivity contribution in [2.45, 2.75) is 12.6 Å². The van der Waals surface area contributed by atoms with E-state index in [4.69, 9.17) is 11.6 Å². The molecule has 0 aliphatic heterocycles. The molecule has 10 heteroatoms. The van der Waals surface area contributed by atoms with Gasteiger partial charge < -0.3 is 5.32 Å². The fourth-order valence-electron chi connectivity index (χ4n) is 3.22. The number of hydrogen-bond donors (Lipinski definition) is 2. The van der Waals surface area contributed by atoms with Crippen molar-refractivity contribution in [2.24, 2.45) is 5.92 Å². The summed E-state index contributed by atoms with van der Waals surface area (Å²) in [6.45, 7) is 0. The van der Waals surface area contributed by atoms with Crippen LogP contribution in [0.4, 0.5) is 19.0 Å². The molecule has 3 heterocycles. The van der Waals surface area contributed by atoms with Gasteiger partial charge in [0.05, 0.1) is 22.7 Å². The molecular formula is C18H11ClF3N5O. The molecule has 1 amide bonds. The van der Waals surface area contributed by atoms with Gasteiger partial charge in [0.1, 0.15) is 11.7 Å². The van der Waals surface area contributed by atoms with Crippen molar-refractivity contribution in [2.75, 3.05) is 5.32 Å². The van der Waals surface area contributed by atoms with Crippen molar-refractivity contribution in [3.63, 3.8) is 0 Å². The highest BCUT2D eigenvalue weighted by Crippen LogP contribution is 2.39. The van der Waals surface area contributed by atoms with E-state index < -0.39 is 29.6 Å². The first-order chi connectivity index (χ1) is 13.4. The zero-order valence-corrected chi connectivity index (χ0v) is 14.8. The van der Waals surface area contributed by atoms with Crippen molar-refractivity contribution in [1.82, 2.24) is 19.8 Å². The van der Waals surface area contributed by atoms with Gasteiger partial charge in [-0.15, -0.1) is 0 Å². The van der Waals surface area contributed by atoms with Gasteiger partial charge in [-0.2, -0.15) is 10.2 Å². The van der Waals surface area contributed by atoms with Crippen molar-refractivity contribution in [3.05, 3.63) is 47.2 Å². The summed E-state index contributed by atoms with van der Waals surface area (Å²) in [5.74, 6) is -3.04. The number of carbonyl (C=O) groups excluding carboxylic acids is 1. The van der Waals surface area contributed by atoms with Gasteiger partial charge in [0.2, 0.25) is 5.91 Å². The SMILES string of the molecule is O=C(Nc1cc2cc(-c3c(Cl)c(F)c(F)c4[nH]ncc34)ccn2n1)[C@@H]1C[C@@H]1F. The predicted octanol–water partition coefficient (Wildman–Crippen LogP) is 4.11. The molecule has 2 atom stereocenters. The molecule has 0 spiro atoms. The number of benzene rings is 1. The summed E-state index contributed by atoms with van der Waals surface area (Å²) >= 11 is 6.08. The molecule has 1 aliphatic carbocycles. The molecule has 28 heavy (non-hydrogen) atoms. The van der Waals surface area contributed by atoms with Crippen LogP contribution in [0.25, 0.3) is 27.5 Å². The summed E-state index contributed by atoms with van der Waals surface area (Å²) < 4.78 is 42.8. The fourth-order valence-corrected chi connectivity index (χ4v) is 3.52. The summed E-state index contributed by atoms with van der Waals surface area (Å²) in [6.07, 6.45) is 2.09. The molecule has 1 aliphatic rings. The number of alkyl halides is 1. The van der Waals surface area contributed by atoms with Crippen LogP contribution < -0.4 is 5.32 Å². The number of anilines is 1. The highest BCUT2D eigenvalue weighted by atomic mass is 35.5. The number of amides is 1. The van der Waals surface area contributed by atoms with Crippen molar-refractivity contribution in [3.8, 4) is 11.1 Å². The Labute approximate surface area is 160 Å². The maximum Gasteiger partial charge on any atom is 0.231 e. The van der Waals surface area contributed by atoms with E-state index in [1.807, 2.05) is 0 Å². The third-order valence-electron chi connectivity index (χ3n) is 4.79. The Hall–Kier alpha value is -3.07. The summed E-state index contributed by atoms with van der Waals surface area (Å²) in [7, 11) is 0. The number of carbonyl (C=O) groups is 1. The second-order valence-electron chi connectivity index (χ2n) is 6.64. The van der Waals surface area contributed by atoms with Crippen LogP contribution in [0.3, 0.4) is 0 Å². The van der Waals surface area contributed by atoms with E-state index in [-0.39, 0.29) is 28.3 Å². The van der Waals surface area contributed by atoms with Crippen molar-refractivity contribution in [1.29, 1.82) is 0 Å². The minimum Gasteiger partial charge on any atom is -0.309 e. The molecular weight excluding hydrogens is 395 g/mol. The number of halogens is 4. The molecule has 1 fully saturated rings. The Kier molecular flexibility index (Phi) is 3.63. The number of aromatic amines is 1. The largest absolute Gasteiger partial charge is 0.309 e. The number of fused-ring (bicyclic) bond motifs is 2.